The minimum atomic E-state index is -0.888. The first-order chi connectivity index (χ1) is 21.6. The van der Waals surface area contributed by atoms with Gasteiger partial charge in [-0.15, -0.1) is 0 Å². The molecule has 0 saturated carbocycles. The highest BCUT2D eigenvalue weighted by Gasteiger charge is 2.30. The van der Waals surface area contributed by atoms with Gasteiger partial charge in [0, 0.05) is 31.3 Å². The molecule has 0 radical (unpaired) electrons. The van der Waals surface area contributed by atoms with Crippen molar-refractivity contribution in [2.24, 2.45) is 17.8 Å². The highest BCUT2D eigenvalue weighted by atomic mass is 16.5. The molecule has 0 aromatic carbocycles. The minimum absolute atomic E-state index is 0.0756. The van der Waals surface area contributed by atoms with Gasteiger partial charge >= 0.3 is 0 Å². The van der Waals surface area contributed by atoms with Crippen molar-refractivity contribution in [3.63, 3.8) is 0 Å². The summed E-state index contributed by atoms with van der Waals surface area (Å²) in [6.07, 6.45) is 4.41. The quantitative estimate of drug-likeness (QED) is 0.0916. The van der Waals surface area contributed by atoms with Crippen molar-refractivity contribution in [2.75, 3.05) is 13.1 Å². The lowest BCUT2D eigenvalue weighted by Gasteiger charge is -2.28. The van der Waals surface area contributed by atoms with Gasteiger partial charge in [-0.25, -0.2) is 0 Å². The molecule has 5 atom stereocenters. The lowest BCUT2D eigenvalue weighted by Crippen LogP contribution is -2.57. The van der Waals surface area contributed by atoms with Gasteiger partial charge in [-0.3, -0.25) is 24.0 Å². The number of hydrogen-bond acceptors (Lipinski definition) is 7. The number of nitrogens with zero attached hydrogens (tertiary/aromatic N) is 1. The van der Waals surface area contributed by atoms with Crippen LogP contribution in [0, 0.1) is 23.0 Å². The van der Waals surface area contributed by atoms with E-state index in [1.807, 2.05) is 55.4 Å². The Kier molecular flexibility index (Phi) is 17.9. The zero-order valence-corrected chi connectivity index (χ0v) is 29.1. The number of aromatic nitrogens is 1. The highest BCUT2D eigenvalue weighted by Crippen LogP contribution is 2.10. The van der Waals surface area contributed by atoms with Gasteiger partial charge in [0.05, 0.1) is 11.6 Å². The van der Waals surface area contributed by atoms with E-state index in [1.165, 1.54) is 24.5 Å². The van der Waals surface area contributed by atoms with Gasteiger partial charge < -0.3 is 37.1 Å². The third kappa shape index (κ3) is 14.6. The maximum absolute atomic E-state index is 13.5. The molecule has 1 aromatic rings. The smallest absolute Gasteiger partial charge is 0.252 e. The Bertz CT molecular complexity index is 1130. The van der Waals surface area contributed by atoms with Crippen molar-refractivity contribution < 1.29 is 28.7 Å². The Balaban J connectivity index is 2.96. The molecule has 0 unspecified atom stereocenters. The van der Waals surface area contributed by atoms with Crippen molar-refractivity contribution in [1.82, 2.24) is 31.9 Å². The summed E-state index contributed by atoms with van der Waals surface area (Å²) in [5.41, 5.74) is 0.243. The summed E-state index contributed by atoms with van der Waals surface area (Å²) in [7, 11) is 0. The van der Waals surface area contributed by atoms with Crippen LogP contribution in [0.25, 0.3) is 0 Å². The standard InChI is InChI=1S/C33H57N7O6/c1-10-12-26(37-32(44)27(18-21(5)6)38-30(42)24-13-15-40(46)16-14-24)31(43)36-25(17-20(3)4)19-35-23(9)29(41)39-28(22(7)8)33(45)34-11-2/h13-16,20-23,25-28,35H,10-12,17-19H2,1-9H3,(H,34,45)(H,36,43)(H,37,44)(H,38,42)(H,39,41)/t23-,25-,26-,27-,28-/m0/s1. The number of carbonyl (C=O) groups is 5. The van der Waals surface area contributed by atoms with Crippen LogP contribution in [0.15, 0.2) is 24.5 Å². The molecule has 0 aliphatic rings. The number of amides is 5. The molecular formula is C33H57N7O6. The zero-order valence-electron chi connectivity index (χ0n) is 29.1. The SMILES string of the molecule is CCC[C@H](NC(=O)[C@H](CC(C)C)NC(=O)c1cc[n+]([O-])cc1)C(=O)N[C@H](CN[C@@H](C)C(=O)N[C@H](C(=O)NCC)C(C)C)CC(C)C. The molecular weight excluding hydrogens is 590 g/mol. The Hall–Kier alpha value is -3.74. The zero-order chi connectivity index (χ0) is 35.0. The van der Waals surface area contributed by atoms with Crippen LogP contribution in [0.1, 0.15) is 98.4 Å². The summed E-state index contributed by atoms with van der Waals surface area (Å²) in [6.45, 7) is 17.8. The first kappa shape index (κ1) is 40.3. The van der Waals surface area contributed by atoms with Gasteiger partial charge in [0.2, 0.25) is 23.6 Å². The molecule has 0 bridgehead atoms. The first-order valence-electron chi connectivity index (χ1n) is 16.5. The molecule has 0 fully saturated rings. The average Bonchev–Trinajstić information content (AvgIpc) is 2.97. The molecule has 5 amide bonds. The largest absolute Gasteiger partial charge is 0.619 e. The van der Waals surface area contributed by atoms with Crippen LogP contribution >= 0.6 is 0 Å². The Labute approximate surface area is 274 Å². The summed E-state index contributed by atoms with van der Waals surface area (Å²) < 4.78 is 0.567. The van der Waals surface area contributed by atoms with Gasteiger partial charge in [-0.2, -0.15) is 4.73 Å². The minimum Gasteiger partial charge on any atom is -0.619 e. The van der Waals surface area contributed by atoms with Crippen LogP contribution in [-0.2, 0) is 19.2 Å². The van der Waals surface area contributed by atoms with Crippen molar-refractivity contribution in [3.05, 3.63) is 35.3 Å². The van der Waals surface area contributed by atoms with Gasteiger partial charge in [0.1, 0.15) is 18.1 Å². The number of pyridine rings is 1. The lowest BCUT2D eigenvalue weighted by atomic mass is 10.0. The number of likely N-dealkylation sites (N-methyl/N-ethyl adjacent to an activating group) is 1. The van der Waals surface area contributed by atoms with E-state index in [9.17, 15) is 29.2 Å². The van der Waals surface area contributed by atoms with Crippen LogP contribution < -0.4 is 36.6 Å². The van der Waals surface area contributed by atoms with Crippen LogP contribution in [0.4, 0.5) is 0 Å². The van der Waals surface area contributed by atoms with Gasteiger partial charge in [0.15, 0.2) is 12.4 Å². The Morgan fingerprint density at radius 2 is 1.33 bits per heavy atom. The van der Waals surface area contributed by atoms with Gasteiger partial charge in [0.25, 0.3) is 5.91 Å². The Morgan fingerprint density at radius 1 is 0.739 bits per heavy atom. The summed E-state index contributed by atoms with van der Waals surface area (Å²) in [4.78, 5) is 65.1. The molecule has 13 heteroatoms. The number of hydrogen-bond donors (Lipinski definition) is 6. The molecule has 1 rings (SSSR count). The Morgan fingerprint density at radius 3 is 1.85 bits per heavy atom. The van der Waals surface area contributed by atoms with Crippen LogP contribution in [0.2, 0.25) is 0 Å². The second kappa shape index (κ2) is 20.4. The molecule has 0 aliphatic heterocycles. The maximum Gasteiger partial charge on any atom is 0.252 e. The maximum atomic E-state index is 13.5. The van der Waals surface area contributed by atoms with Crippen molar-refractivity contribution in [2.45, 2.75) is 118 Å². The van der Waals surface area contributed by atoms with Crippen molar-refractivity contribution in [1.29, 1.82) is 0 Å². The third-order valence-electron chi connectivity index (χ3n) is 7.37. The van der Waals surface area contributed by atoms with E-state index in [4.69, 9.17) is 0 Å². The number of nitrogens with one attached hydrogen (secondary N) is 6. The summed E-state index contributed by atoms with van der Waals surface area (Å²) in [6, 6.07) is -0.602. The molecule has 6 N–H and O–H groups in total. The molecule has 1 heterocycles. The van der Waals surface area contributed by atoms with E-state index < -0.39 is 36.0 Å². The van der Waals surface area contributed by atoms with Crippen LogP contribution in [0.5, 0.6) is 0 Å². The van der Waals surface area contributed by atoms with Crippen molar-refractivity contribution in [3.8, 4) is 0 Å². The average molecular weight is 648 g/mol. The fraction of sp³-hybridized carbons (Fsp3) is 0.697. The predicted octanol–water partition coefficient (Wildman–Crippen LogP) is 1.54. The second-order valence-corrected chi connectivity index (χ2v) is 13.0. The molecule has 0 aliphatic carbocycles. The predicted molar refractivity (Wildman–Crippen MR) is 177 cm³/mol. The number of rotatable bonds is 20. The van der Waals surface area contributed by atoms with E-state index in [-0.39, 0.29) is 47.1 Å². The first-order valence-corrected chi connectivity index (χ1v) is 16.5. The highest BCUT2D eigenvalue weighted by molar-refractivity contribution is 5.98. The second-order valence-electron chi connectivity index (χ2n) is 13.0. The molecule has 0 spiro atoms. The van der Waals surface area contributed by atoms with Crippen molar-refractivity contribution >= 4 is 29.5 Å². The monoisotopic (exact) mass is 647 g/mol. The molecule has 0 saturated heterocycles. The fourth-order valence-electron chi connectivity index (χ4n) is 4.91. The summed E-state index contributed by atoms with van der Waals surface area (Å²) in [5.74, 6) is -1.67. The van der Waals surface area contributed by atoms with E-state index in [0.717, 1.165) is 0 Å². The fourth-order valence-corrected chi connectivity index (χ4v) is 4.91. The van der Waals surface area contributed by atoms with E-state index in [1.54, 1.807) is 6.92 Å². The summed E-state index contributed by atoms with van der Waals surface area (Å²) in [5, 5.41) is 28.7. The normalized spacial score (nSPS) is 14.6. The lowest BCUT2D eigenvalue weighted by molar-refractivity contribution is -0.605. The summed E-state index contributed by atoms with van der Waals surface area (Å²) >= 11 is 0. The molecule has 13 nitrogen and oxygen atoms in total. The third-order valence-corrected chi connectivity index (χ3v) is 7.37. The van der Waals surface area contributed by atoms with Crippen LogP contribution in [-0.4, -0.2) is 72.8 Å². The molecule has 260 valence electrons. The van der Waals surface area contributed by atoms with E-state index in [0.29, 0.717) is 43.5 Å². The van der Waals surface area contributed by atoms with E-state index in [2.05, 4.69) is 31.9 Å². The van der Waals surface area contributed by atoms with Crippen LogP contribution in [0.3, 0.4) is 0 Å². The molecule has 46 heavy (non-hydrogen) atoms. The molecule has 1 aromatic heterocycles. The van der Waals surface area contributed by atoms with E-state index >= 15 is 0 Å². The van der Waals surface area contributed by atoms with Gasteiger partial charge in [-0.05, 0) is 50.9 Å². The topological polar surface area (TPSA) is 184 Å². The van der Waals surface area contributed by atoms with Gasteiger partial charge in [-0.1, -0.05) is 54.9 Å². The number of carbonyl (C=O) groups excluding carboxylic acids is 5.